The molecule has 0 saturated heterocycles. The second-order valence-electron chi connectivity index (χ2n) is 4.24. The van der Waals surface area contributed by atoms with Crippen molar-refractivity contribution in [3.63, 3.8) is 0 Å². The summed E-state index contributed by atoms with van der Waals surface area (Å²) < 4.78 is 0. The van der Waals surface area contributed by atoms with Crippen LogP contribution in [0.5, 0.6) is 0 Å². The number of rotatable bonds is 2. The zero-order valence-corrected chi connectivity index (χ0v) is 11.3. The van der Waals surface area contributed by atoms with E-state index in [2.05, 4.69) is 10.6 Å². The highest BCUT2D eigenvalue weighted by atomic mass is 35.5. The highest BCUT2D eigenvalue weighted by Gasteiger charge is 2.07. The molecule has 18 heavy (non-hydrogen) atoms. The number of allylic oxidation sites excluding steroid dienone is 1. The van der Waals surface area contributed by atoms with Crippen LogP contribution in [0.1, 0.15) is 25.7 Å². The van der Waals surface area contributed by atoms with E-state index in [9.17, 15) is 4.79 Å². The summed E-state index contributed by atoms with van der Waals surface area (Å²) in [4.78, 5) is 11.6. The Hall–Kier alpha value is -1.19. The smallest absolute Gasteiger partial charge is 0.314 e. The minimum atomic E-state index is -0.271. The first-order chi connectivity index (χ1) is 8.65. The van der Waals surface area contributed by atoms with Gasteiger partial charge in [0, 0.05) is 11.9 Å². The molecule has 1 aliphatic carbocycles. The van der Waals surface area contributed by atoms with Gasteiger partial charge < -0.3 is 10.6 Å². The van der Waals surface area contributed by atoms with Gasteiger partial charge in [-0.05, 0) is 43.9 Å². The molecule has 0 aromatic heterocycles. The lowest BCUT2D eigenvalue weighted by Gasteiger charge is -2.06. The molecule has 5 heteroatoms. The van der Waals surface area contributed by atoms with E-state index in [-0.39, 0.29) is 6.03 Å². The number of urea groups is 1. The Kier molecular flexibility index (Phi) is 4.50. The van der Waals surface area contributed by atoms with Gasteiger partial charge in [-0.3, -0.25) is 0 Å². The number of carbonyl (C=O) groups excluding carboxylic acids is 1. The maximum atomic E-state index is 11.6. The van der Waals surface area contributed by atoms with E-state index < -0.39 is 0 Å². The average molecular weight is 285 g/mol. The largest absolute Gasteiger partial charge is 0.323 e. The highest BCUT2D eigenvalue weighted by Crippen LogP contribution is 2.25. The number of anilines is 1. The van der Waals surface area contributed by atoms with E-state index in [1.807, 2.05) is 0 Å². The molecule has 1 aliphatic rings. The van der Waals surface area contributed by atoms with Crippen molar-refractivity contribution in [2.75, 3.05) is 5.32 Å². The van der Waals surface area contributed by atoms with Gasteiger partial charge in [0.2, 0.25) is 0 Å². The number of halogens is 2. The summed E-state index contributed by atoms with van der Waals surface area (Å²) in [5.41, 5.74) is 1.91. The Balaban J connectivity index is 1.90. The van der Waals surface area contributed by atoms with Crippen LogP contribution in [-0.4, -0.2) is 6.03 Å². The van der Waals surface area contributed by atoms with Gasteiger partial charge >= 0.3 is 6.03 Å². The van der Waals surface area contributed by atoms with Gasteiger partial charge in [0.25, 0.3) is 0 Å². The third kappa shape index (κ3) is 3.65. The molecular formula is C13H14Cl2N2O. The van der Waals surface area contributed by atoms with Crippen LogP contribution in [0.4, 0.5) is 10.5 Å². The predicted molar refractivity (Wildman–Crippen MR) is 75.2 cm³/mol. The van der Waals surface area contributed by atoms with Gasteiger partial charge in [0.1, 0.15) is 0 Å². The molecule has 0 atom stereocenters. The van der Waals surface area contributed by atoms with Crippen molar-refractivity contribution in [1.29, 1.82) is 0 Å². The van der Waals surface area contributed by atoms with Crippen LogP contribution in [0.15, 0.2) is 30.0 Å². The van der Waals surface area contributed by atoms with E-state index in [0.717, 1.165) is 12.8 Å². The van der Waals surface area contributed by atoms with Crippen LogP contribution in [0, 0.1) is 0 Å². The summed E-state index contributed by atoms with van der Waals surface area (Å²) >= 11 is 11.7. The van der Waals surface area contributed by atoms with Crippen molar-refractivity contribution in [2.45, 2.75) is 25.7 Å². The average Bonchev–Trinajstić information content (AvgIpc) is 2.84. The second kappa shape index (κ2) is 6.12. The topological polar surface area (TPSA) is 41.1 Å². The normalized spacial score (nSPS) is 14.4. The van der Waals surface area contributed by atoms with Gasteiger partial charge in [0.15, 0.2) is 0 Å². The van der Waals surface area contributed by atoms with Crippen molar-refractivity contribution in [3.8, 4) is 0 Å². The SMILES string of the molecule is O=C(NC=C1CCCC1)Nc1ccc(Cl)c(Cl)c1. The molecule has 0 unspecified atom stereocenters. The van der Waals surface area contributed by atoms with Crippen LogP contribution >= 0.6 is 23.2 Å². The van der Waals surface area contributed by atoms with E-state index in [0.29, 0.717) is 15.7 Å². The minimum Gasteiger partial charge on any atom is -0.314 e. The second-order valence-corrected chi connectivity index (χ2v) is 5.05. The fraction of sp³-hybridized carbons (Fsp3) is 0.308. The zero-order chi connectivity index (χ0) is 13.0. The number of nitrogens with one attached hydrogen (secondary N) is 2. The quantitative estimate of drug-likeness (QED) is 0.820. The lowest BCUT2D eigenvalue weighted by atomic mass is 10.2. The molecule has 0 spiro atoms. The molecule has 0 radical (unpaired) electrons. The molecule has 1 aromatic rings. The monoisotopic (exact) mass is 284 g/mol. The lowest BCUT2D eigenvalue weighted by molar-refractivity contribution is 0.255. The van der Waals surface area contributed by atoms with Gasteiger partial charge in [-0.15, -0.1) is 0 Å². The van der Waals surface area contributed by atoms with Crippen molar-refractivity contribution in [1.82, 2.24) is 5.32 Å². The van der Waals surface area contributed by atoms with Crippen LogP contribution in [0.3, 0.4) is 0 Å². The minimum absolute atomic E-state index is 0.271. The number of hydrogen-bond donors (Lipinski definition) is 2. The van der Waals surface area contributed by atoms with Gasteiger partial charge in [-0.2, -0.15) is 0 Å². The van der Waals surface area contributed by atoms with E-state index in [4.69, 9.17) is 23.2 Å². The van der Waals surface area contributed by atoms with Crippen LogP contribution in [0.2, 0.25) is 10.0 Å². The first kappa shape index (κ1) is 13.2. The molecule has 0 aliphatic heterocycles. The first-order valence-corrected chi connectivity index (χ1v) is 6.61. The van der Waals surface area contributed by atoms with E-state index >= 15 is 0 Å². The molecule has 0 bridgehead atoms. The molecule has 2 rings (SSSR count). The van der Waals surface area contributed by atoms with Crippen molar-refractivity contribution in [3.05, 3.63) is 40.0 Å². The van der Waals surface area contributed by atoms with Crippen molar-refractivity contribution >= 4 is 34.9 Å². The maximum Gasteiger partial charge on any atom is 0.323 e. The Labute approximate surface area is 116 Å². The fourth-order valence-corrected chi connectivity index (χ4v) is 2.18. The molecule has 96 valence electrons. The zero-order valence-electron chi connectivity index (χ0n) is 9.80. The standard InChI is InChI=1S/C13H14Cl2N2O/c14-11-6-5-10(7-12(11)15)17-13(18)16-8-9-3-1-2-4-9/h5-8H,1-4H2,(H2,16,17,18). The van der Waals surface area contributed by atoms with Crippen molar-refractivity contribution < 1.29 is 4.79 Å². The molecule has 3 nitrogen and oxygen atoms in total. The van der Waals surface area contributed by atoms with E-state index in [1.54, 1.807) is 24.4 Å². The third-order valence-electron chi connectivity index (χ3n) is 2.83. The van der Waals surface area contributed by atoms with Crippen molar-refractivity contribution in [2.24, 2.45) is 0 Å². The summed E-state index contributed by atoms with van der Waals surface area (Å²) in [5.74, 6) is 0. The number of hydrogen-bond acceptors (Lipinski definition) is 1. The maximum absolute atomic E-state index is 11.6. The molecule has 1 fully saturated rings. The molecule has 2 N–H and O–H groups in total. The fourth-order valence-electron chi connectivity index (χ4n) is 1.88. The lowest BCUT2D eigenvalue weighted by Crippen LogP contribution is -2.24. The summed E-state index contributed by atoms with van der Waals surface area (Å²) in [6, 6.07) is 4.70. The Morgan fingerprint density at radius 1 is 1.17 bits per heavy atom. The first-order valence-electron chi connectivity index (χ1n) is 5.85. The van der Waals surface area contributed by atoms with E-state index in [1.165, 1.54) is 18.4 Å². The number of amides is 2. The van der Waals surface area contributed by atoms with Crippen LogP contribution in [-0.2, 0) is 0 Å². The highest BCUT2D eigenvalue weighted by molar-refractivity contribution is 6.42. The molecular weight excluding hydrogens is 271 g/mol. The Morgan fingerprint density at radius 3 is 2.56 bits per heavy atom. The summed E-state index contributed by atoms with van der Waals surface area (Å²) in [5, 5.41) is 6.30. The Morgan fingerprint density at radius 2 is 1.89 bits per heavy atom. The van der Waals surface area contributed by atoms with Crippen LogP contribution in [0.25, 0.3) is 0 Å². The molecule has 1 aromatic carbocycles. The molecule has 0 heterocycles. The summed E-state index contributed by atoms with van der Waals surface area (Å²) in [6.07, 6.45) is 6.36. The summed E-state index contributed by atoms with van der Waals surface area (Å²) in [6.45, 7) is 0. The number of benzene rings is 1. The summed E-state index contributed by atoms with van der Waals surface area (Å²) in [7, 11) is 0. The predicted octanol–water partition coefficient (Wildman–Crippen LogP) is 4.57. The van der Waals surface area contributed by atoms with Gasteiger partial charge in [0.05, 0.1) is 10.0 Å². The van der Waals surface area contributed by atoms with Gasteiger partial charge in [-0.25, -0.2) is 4.79 Å². The third-order valence-corrected chi connectivity index (χ3v) is 3.57. The number of carbonyl (C=O) groups is 1. The molecule has 2 amide bonds. The van der Waals surface area contributed by atoms with Gasteiger partial charge in [-0.1, -0.05) is 28.8 Å². The molecule has 1 saturated carbocycles. The Bertz CT molecular complexity index is 478. The van der Waals surface area contributed by atoms with Crippen LogP contribution < -0.4 is 10.6 Å².